The van der Waals surface area contributed by atoms with Crippen molar-refractivity contribution in [1.82, 2.24) is 4.31 Å². The number of benzene rings is 1. The van der Waals surface area contributed by atoms with E-state index >= 15 is 0 Å². The van der Waals surface area contributed by atoms with Gasteiger partial charge in [-0.3, -0.25) is 0 Å². The second kappa shape index (κ2) is 5.82. The molecule has 0 N–H and O–H groups in total. The number of hydrogen-bond donors (Lipinski definition) is 0. The molecule has 1 aliphatic rings. The van der Waals surface area contributed by atoms with Crippen LogP contribution in [0.1, 0.15) is 12.0 Å². The Morgan fingerprint density at radius 1 is 1.33 bits per heavy atom. The molecular weight excluding hydrogens is 250 g/mol. The molecular formula is C13H19NO3S. The Morgan fingerprint density at radius 2 is 2.06 bits per heavy atom. The van der Waals surface area contributed by atoms with Crippen LogP contribution in [-0.4, -0.2) is 38.7 Å². The summed E-state index contributed by atoms with van der Waals surface area (Å²) in [5.74, 6) is 0.323. The van der Waals surface area contributed by atoms with Gasteiger partial charge in [0.25, 0.3) is 0 Å². The van der Waals surface area contributed by atoms with E-state index in [1.807, 2.05) is 30.3 Å². The topological polar surface area (TPSA) is 46.6 Å². The van der Waals surface area contributed by atoms with Crippen LogP contribution < -0.4 is 0 Å². The Labute approximate surface area is 109 Å². The van der Waals surface area contributed by atoms with Crippen molar-refractivity contribution in [2.75, 3.05) is 26.0 Å². The largest absolute Gasteiger partial charge is 0.376 e. The Morgan fingerprint density at radius 3 is 2.67 bits per heavy atom. The third kappa shape index (κ3) is 3.80. The molecule has 0 spiro atoms. The molecule has 2 rings (SSSR count). The maximum atomic E-state index is 11.4. The lowest BCUT2D eigenvalue weighted by atomic mass is 10.1. The highest BCUT2D eigenvalue weighted by Crippen LogP contribution is 2.19. The minimum Gasteiger partial charge on any atom is -0.376 e. The first-order valence-corrected chi connectivity index (χ1v) is 7.97. The van der Waals surface area contributed by atoms with Crippen LogP contribution in [0.4, 0.5) is 0 Å². The van der Waals surface area contributed by atoms with Crippen molar-refractivity contribution in [1.29, 1.82) is 0 Å². The molecule has 0 saturated carbocycles. The van der Waals surface area contributed by atoms with Gasteiger partial charge in [-0.25, -0.2) is 12.7 Å². The zero-order chi connectivity index (χ0) is 13.0. The molecule has 100 valence electrons. The van der Waals surface area contributed by atoms with E-state index in [1.165, 1.54) is 10.6 Å². The summed E-state index contributed by atoms with van der Waals surface area (Å²) in [4.78, 5) is 0. The van der Waals surface area contributed by atoms with Gasteiger partial charge in [0.1, 0.15) is 0 Å². The van der Waals surface area contributed by atoms with Crippen LogP contribution in [0.5, 0.6) is 0 Å². The van der Waals surface area contributed by atoms with Crippen LogP contribution in [-0.2, 0) is 21.4 Å². The molecule has 0 bridgehead atoms. The highest BCUT2D eigenvalue weighted by atomic mass is 32.2. The van der Waals surface area contributed by atoms with Gasteiger partial charge in [-0.1, -0.05) is 30.3 Å². The molecule has 0 amide bonds. The van der Waals surface area contributed by atoms with Gasteiger partial charge in [0, 0.05) is 13.1 Å². The molecule has 4 nitrogen and oxygen atoms in total. The maximum Gasteiger partial charge on any atom is 0.211 e. The Balaban J connectivity index is 1.73. The molecule has 1 atom stereocenters. The van der Waals surface area contributed by atoms with Crippen molar-refractivity contribution in [2.24, 2.45) is 5.92 Å². The number of rotatable bonds is 5. The fourth-order valence-corrected chi connectivity index (χ4v) is 3.07. The van der Waals surface area contributed by atoms with Crippen molar-refractivity contribution < 1.29 is 13.2 Å². The fraction of sp³-hybridized carbons (Fsp3) is 0.538. The van der Waals surface area contributed by atoms with E-state index in [-0.39, 0.29) is 0 Å². The second-order valence-corrected chi connectivity index (χ2v) is 6.76. The van der Waals surface area contributed by atoms with E-state index in [9.17, 15) is 8.42 Å². The van der Waals surface area contributed by atoms with E-state index in [0.717, 1.165) is 12.0 Å². The summed E-state index contributed by atoms with van der Waals surface area (Å²) in [6.07, 6.45) is 2.15. The average molecular weight is 269 g/mol. The normalized spacial score (nSPS) is 21.3. The molecule has 1 fully saturated rings. The summed E-state index contributed by atoms with van der Waals surface area (Å²) in [6, 6.07) is 10.00. The molecule has 0 aromatic heterocycles. The van der Waals surface area contributed by atoms with Gasteiger partial charge < -0.3 is 4.74 Å². The summed E-state index contributed by atoms with van der Waals surface area (Å²) in [6.45, 7) is 2.43. The maximum absolute atomic E-state index is 11.4. The van der Waals surface area contributed by atoms with Gasteiger partial charge >= 0.3 is 0 Å². The van der Waals surface area contributed by atoms with Gasteiger partial charge in [0.2, 0.25) is 10.0 Å². The number of hydrogen-bond acceptors (Lipinski definition) is 3. The molecule has 0 radical (unpaired) electrons. The van der Waals surface area contributed by atoms with E-state index in [0.29, 0.717) is 32.2 Å². The minimum absolute atomic E-state index is 0.323. The van der Waals surface area contributed by atoms with Crippen LogP contribution in [0.15, 0.2) is 30.3 Å². The van der Waals surface area contributed by atoms with Crippen LogP contribution >= 0.6 is 0 Å². The van der Waals surface area contributed by atoms with Crippen LogP contribution in [0.3, 0.4) is 0 Å². The zero-order valence-electron chi connectivity index (χ0n) is 10.6. The smallest absolute Gasteiger partial charge is 0.211 e. The summed E-state index contributed by atoms with van der Waals surface area (Å²) < 4.78 is 29.9. The molecule has 1 aromatic rings. The number of sulfonamides is 1. The Hall–Kier alpha value is -0.910. The number of nitrogens with zero attached hydrogens (tertiary/aromatic N) is 1. The van der Waals surface area contributed by atoms with Crippen molar-refractivity contribution in [2.45, 2.75) is 13.0 Å². The first-order chi connectivity index (χ1) is 8.55. The highest BCUT2D eigenvalue weighted by molar-refractivity contribution is 7.88. The van der Waals surface area contributed by atoms with Crippen molar-refractivity contribution in [3.63, 3.8) is 0 Å². The van der Waals surface area contributed by atoms with Gasteiger partial charge in [0.05, 0.1) is 19.5 Å². The molecule has 18 heavy (non-hydrogen) atoms. The fourth-order valence-electron chi connectivity index (χ4n) is 2.15. The second-order valence-electron chi connectivity index (χ2n) is 4.78. The van der Waals surface area contributed by atoms with Gasteiger partial charge in [-0.2, -0.15) is 0 Å². The molecule has 1 saturated heterocycles. The first-order valence-electron chi connectivity index (χ1n) is 6.12. The van der Waals surface area contributed by atoms with Gasteiger partial charge in [-0.15, -0.1) is 0 Å². The van der Waals surface area contributed by atoms with E-state index in [2.05, 4.69) is 0 Å². The third-order valence-electron chi connectivity index (χ3n) is 3.18. The third-order valence-corrected chi connectivity index (χ3v) is 4.45. The lowest BCUT2D eigenvalue weighted by Crippen LogP contribution is -2.28. The van der Waals surface area contributed by atoms with Gasteiger partial charge in [-0.05, 0) is 17.9 Å². The quantitative estimate of drug-likeness (QED) is 0.813. The minimum atomic E-state index is -3.03. The van der Waals surface area contributed by atoms with Crippen molar-refractivity contribution in [3.8, 4) is 0 Å². The Kier molecular flexibility index (Phi) is 4.37. The van der Waals surface area contributed by atoms with E-state index < -0.39 is 10.0 Å². The summed E-state index contributed by atoms with van der Waals surface area (Å²) >= 11 is 0. The van der Waals surface area contributed by atoms with Crippen LogP contribution in [0.2, 0.25) is 0 Å². The predicted molar refractivity (Wildman–Crippen MR) is 70.6 cm³/mol. The van der Waals surface area contributed by atoms with Crippen LogP contribution in [0.25, 0.3) is 0 Å². The zero-order valence-corrected chi connectivity index (χ0v) is 11.4. The standard InChI is InChI=1S/C13H19NO3S/c1-18(15,16)14-8-7-13(9-14)11-17-10-12-5-3-2-4-6-12/h2-6,13H,7-11H2,1H3/t13-/m0/s1. The first kappa shape index (κ1) is 13.5. The molecule has 1 aliphatic heterocycles. The summed E-state index contributed by atoms with van der Waals surface area (Å²) in [5.41, 5.74) is 1.15. The predicted octanol–water partition coefficient (Wildman–Crippen LogP) is 1.48. The number of ether oxygens (including phenoxy) is 1. The van der Waals surface area contributed by atoms with E-state index in [4.69, 9.17) is 4.74 Å². The summed E-state index contributed by atoms with van der Waals surface area (Å²) in [7, 11) is -3.03. The van der Waals surface area contributed by atoms with E-state index in [1.54, 1.807) is 0 Å². The molecule has 1 heterocycles. The lowest BCUT2D eigenvalue weighted by molar-refractivity contribution is 0.0910. The lowest BCUT2D eigenvalue weighted by Gasteiger charge is -2.13. The molecule has 0 unspecified atom stereocenters. The van der Waals surface area contributed by atoms with Crippen molar-refractivity contribution in [3.05, 3.63) is 35.9 Å². The van der Waals surface area contributed by atoms with Gasteiger partial charge in [0.15, 0.2) is 0 Å². The molecule has 5 heteroatoms. The molecule has 0 aliphatic carbocycles. The Bertz CT molecular complexity index is 472. The SMILES string of the molecule is CS(=O)(=O)N1CC[C@H](COCc2ccccc2)C1. The molecule has 1 aromatic carbocycles. The van der Waals surface area contributed by atoms with Crippen LogP contribution in [0, 0.1) is 5.92 Å². The summed E-state index contributed by atoms with van der Waals surface area (Å²) in [5, 5.41) is 0. The average Bonchev–Trinajstić information content (AvgIpc) is 2.79. The van der Waals surface area contributed by atoms with Crippen molar-refractivity contribution >= 4 is 10.0 Å². The highest BCUT2D eigenvalue weighted by Gasteiger charge is 2.28. The monoisotopic (exact) mass is 269 g/mol.